The summed E-state index contributed by atoms with van der Waals surface area (Å²) in [6.45, 7) is 6.91. The molecule has 0 bridgehead atoms. The van der Waals surface area contributed by atoms with Gasteiger partial charge < -0.3 is 10.5 Å². The van der Waals surface area contributed by atoms with E-state index < -0.39 is 0 Å². The Labute approximate surface area is 103 Å². The van der Waals surface area contributed by atoms with Gasteiger partial charge in [-0.2, -0.15) is 0 Å². The third-order valence-corrected chi connectivity index (χ3v) is 2.87. The van der Waals surface area contributed by atoms with E-state index >= 15 is 0 Å². The lowest BCUT2D eigenvalue weighted by molar-refractivity contribution is 0.0469. The summed E-state index contributed by atoms with van der Waals surface area (Å²) in [4.78, 5) is 0. The van der Waals surface area contributed by atoms with Gasteiger partial charge in [0.15, 0.2) is 0 Å². The Morgan fingerprint density at radius 3 is 2.71 bits per heavy atom. The van der Waals surface area contributed by atoms with Crippen molar-refractivity contribution in [1.29, 1.82) is 5.41 Å². The maximum atomic E-state index is 7.37. The number of nitrogen functional groups attached to an aromatic ring is 1. The third-order valence-electron chi connectivity index (χ3n) is 2.87. The molecule has 0 saturated carbocycles. The second kappa shape index (κ2) is 6.40. The van der Waals surface area contributed by atoms with Crippen molar-refractivity contribution >= 4 is 5.84 Å². The van der Waals surface area contributed by atoms with Gasteiger partial charge >= 0.3 is 0 Å². The Bertz CT molecular complexity index is 388. The lowest BCUT2D eigenvalue weighted by atomic mass is 10.1. The van der Waals surface area contributed by atoms with Crippen LogP contribution < -0.4 is 5.73 Å². The average Bonchev–Trinajstić information content (AvgIpc) is 2.27. The van der Waals surface area contributed by atoms with Crippen LogP contribution in [0.3, 0.4) is 0 Å². The zero-order valence-electron chi connectivity index (χ0n) is 10.9. The van der Waals surface area contributed by atoms with Gasteiger partial charge in [0.25, 0.3) is 0 Å². The molecule has 1 aromatic rings. The summed E-state index contributed by atoms with van der Waals surface area (Å²) in [5.74, 6) is 0.111. The molecular formula is C14H22N2O. The van der Waals surface area contributed by atoms with Crippen molar-refractivity contribution in [2.75, 3.05) is 0 Å². The first kappa shape index (κ1) is 13.7. The molecule has 3 N–H and O–H groups in total. The number of hydrogen-bond donors (Lipinski definition) is 2. The molecule has 1 unspecified atom stereocenters. The maximum Gasteiger partial charge on any atom is 0.122 e. The first-order valence-electron chi connectivity index (χ1n) is 6.10. The van der Waals surface area contributed by atoms with E-state index in [1.54, 1.807) is 0 Å². The number of nitrogens with one attached hydrogen (secondary N) is 1. The molecule has 0 amide bonds. The van der Waals surface area contributed by atoms with E-state index in [2.05, 4.69) is 13.8 Å². The van der Waals surface area contributed by atoms with Gasteiger partial charge in [0.05, 0.1) is 12.7 Å². The summed E-state index contributed by atoms with van der Waals surface area (Å²) < 4.78 is 5.76. The predicted octanol–water partition coefficient (Wildman–Crippen LogP) is 2.98. The van der Waals surface area contributed by atoms with Crippen molar-refractivity contribution in [3.05, 3.63) is 34.9 Å². The molecule has 94 valence electrons. The second-order valence-electron chi connectivity index (χ2n) is 4.47. The molecule has 17 heavy (non-hydrogen) atoms. The Kier molecular flexibility index (Phi) is 5.16. The minimum atomic E-state index is 0.111. The maximum absolute atomic E-state index is 7.37. The number of rotatable bonds is 6. The summed E-state index contributed by atoms with van der Waals surface area (Å²) >= 11 is 0. The van der Waals surface area contributed by atoms with Gasteiger partial charge in [-0.3, -0.25) is 5.41 Å². The molecule has 0 heterocycles. The fourth-order valence-corrected chi connectivity index (χ4v) is 1.75. The van der Waals surface area contributed by atoms with Crippen molar-refractivity contribution in [2.45, 2.75) is 46.3 Å². The summed E-state index contributed by atoms with van der Waals surface area (Å²) in [6.07, 6.45) is 2.53. The van der Waals surface area contributed by atoms with Gasteiger partial charge in [0.2, 0.25) is 0 Å². The number of aryl methyl sites for hydroxylation is 1. The van der Waals surface area contributed by atoms with Crippen LogP contribution in [0.2, 0.25) is 0 Å². The number of nitrogens with two attached hydrogens (primary N) is 1. The van der Waals surface area contributed by atoms with Gasteiger partial charge in [-0.15, -0.1) is 0 Å². The molecule has 0 spiro atoms. The van der Waals surface area contributed by atoms with Gasteiger partial charge in [-0.25, -0.2) is 0 Å². The van der Waals surface area contributed by atoms with Gasteiger partial charge in [0, 0.05) is 5.56 Å². The summed E-state index contributed by atoms with van der Waals surface area (Å²) in [5, 5.41) is 7.37. The lowest BCUT2D eigenvalue weighted by Gasteiger charge is -2.13. The first-order valence-corrected chi connectivity index (χ1v) is 6.10. The highest BCUT2D eigenvalue weighted by Crippen LogP contribution is 2.14. The van der Waals surface area contributed by atoms with Crippen molar-refractivity contribution < 1.29 is 4.74 Å². The number of hydrogen-bond acceptors (Lipinski definition) is 2. The zero-order chi connectivity index (χ0) is 12.8. The Hall–Kier alpha value is -1.35. The Balaban J connectivity index is 2.63. The normalized spacial score (nSPS) is 12.4. The van der Waals surface area contributed by atoms with Crippen LogP contribution in [0.15, 0.2) is 18.2 Å². The van der Waals surface area contributed by atoms with E-state index in [1.807, 2.05) is 25.1 Å². The van der Waals surface area contributed by atoms with E-state index in [-0.39, 0.29) is 5.84 Å². The topological polar surface area (TPSA) is 59.1 Å². The fourth-order valence-electron chi connectivity index (χ4n) is 1.75. The molecule has 0 fully saturated rings. The van der Waals surface area contributed by atoms with Gasteiger partial charge in [-0.05, 0) is 37.5 Å². The first-order chi connectivity index (χ1) is 8.04. The van der Waals surface area contributed by atoms with Crippen LogP contribution >= 0.6 is 0 Å². The molecule has 3 nitrogen and oxygen atoms in total. The minimum Gasteiger partial charge on any atom is -0.384 e. The highest BCUT2D eigenvalue weighted by Gasteiger charge is 2.05. The second-order valence-corrected chi connectivity index (χ2v) is 4.47. The zero-order valence-corrected chi connectivity index (χ0v) is 10.9. The predicted molar refractivity (Wildman–Crippen MR) is 71.4 cm³/mol. The van der Waals surface area contributed by atoms with Gasteiger partial charge in [0.1, 0.15) is 5.84 Å². The molecule has 0 aliphatic carbocycles. The molecule has 0 aliphatic heterocycles. The van der Waals surface area contributed by atoms with Crippen molar-refractivity contribution in [3.8, 4) is 0 Å². The van der Waals surface area contributed by atoms with Crippen LogP contribution in [-0.2, 0) is 11.3 Å². The smallest absolute Gasteiger partial charge is 0.122 e. The third kappa shape index (κ3) is 4.19. The van der Waals surface area contributed by atoms with E-state index in [1.165, 1.54) is 0 Å². The summed E-state index contributed by atoms with van der Waals surface area (Å²) in [7, 11) is 0. The largest absolute Gasteiger partial charge is 0.384 e. The minimum absolute atomic E-state index is 0.111. The fraction of sp³-hybridized carbons (Fsp3) is 0.500. The van der Waals surface area contributed by atoms with Crippen LogP contribution in [0.25, 0.3) is 0 Å². The quantitative estimate of drug-likeness (QED) is 0.587. The number of ether oxygens (including phenoxy) is 1. The number of benzene rings is 1. The van der Waals surface area contributed by atoms with E-state index in [0.29, 0.717) is 12.7 Å². The van der Waals surface area contributed by atoms with Crippen LogP contribution in [0.4, 0.5) is 0 Å². The lowest BCUT2D eigenvalue weighted by Crippen LogP contribution is -2.12. The Morgan fingerprint density at radius 2 is 2.18 bits per heavy atom. The Morgan fingerprint density at radius 1 is 1.47 bits per heavy atom. The standard InChI is InChI=1S/C14H22N2O/c1-4-5-11(3)17-9-13-7-6-12(14(15)16)8-10(13)2/h6-8,11H,4-5,9H2,1-3H3,(H3,15,16). The molecule has 1 rings (SSSR count). The van der Waals surface area contributed by atoms with Crippen LogP contribution in [0.5, 0.6) is 0 Å². The van der Waals surface area contributed by atoms with E-state index in [0.717, 1.165) is 29.5 Å². The molecule has 1 atom stereocenters. The number of amidine groups is 1. The molecule has 0 aromatic heterocycles. The van der Waals surface area contributed by atoms with Crippen LogP contribution in [0.1, 0.15) is 43.4 Å². The van der Waals surface area contributed by atoms with Crippen LogP contribution in [-0.4, -0.2) is 11.9 Å². The highest BCUT2D eigenvalue weighted by molar-refractivity contribution is 5.95. The molecule has 0 saturated heterocycles. The van der Waals surface area contributed by atoms with Crippen molar-refractivity contribution in [1.82, 2.24) is 0 Å². The van der Waals surface area contributed by atoms with Gasteiger partial charge in [-0.1, -0.05) is 25.5 Å². The van der Waals surface area contributed by atoms with E-state index in [4.69, 9.17) is 15.9 Å². The van der Waals surface area contributed by atoms with Crippen molar-refractivity contribution in [3.63, 3.8) is 0 Å². The molecule has 1 aromatic carbocycles. The molecular weight excluding hydrogens is 212 g/mol. The highest BCUT2D eigenvalue weighted by atomic mass is 16.5. The van der Waals surface area contributed by atoms with E-state index in [9.17, 15) is 0 Å². The summed E-state index contributed by atoms with van der Waals surface area (Å²) in [5.41, 5.74) is 8.51. The molecule has 0 aliphatic rings. The molecule has 0 radical (unpaired) electrons. The SMILES string of the molecule is CCCC(C)OCc1ccc(C(=N)N)cc1C. The van der Waals surface area contributed by atoms with Crippen molar-refractivity contribution in [2.24, 2.45) is 5.73 Å². The average molecular weight is 234 g/mol. The molecule has 3 heteroatoms. The van der Waals surface area contributed by atoms with Crippen LogP contribution in [0, 0.1) is 12.3 Å². The summed E-state index contributed by atoms with van der Waals surface area (Å²) in [6, 6.07) is 5.80. The monoisotopic (exact) mass is 234 g/mol.